The lowest BCUT2D eigenvalue weighted by atomic mass is 10.2. The summed E-state index contributed by atoms with van der Waals surface area (Å²) < 4.78 is 12.8. The molecule has 0 aliphatic carbocycles. The minimum atomic E-state index is 0.258. The van der Waals surface area contributed by atoms with Crippen molar-refractivity contribution in [2.75, 3.05) is 32.7 Å². The molecule has 0 atom stereocenters. The molecule has 4 heterocycles. The van der Waals surface area contributed by atoms with E-state index in [0.717, 1.165) is 35.1 Å². The lowest BCUT2D eigenvalue weighted by Gasteiger charge is -2.18. The zero-order chi connectivity index (χ0) is 17.7. The first-order valence-electron chi connectivity index (χ1n) is 8.33. The predicted octanol–water partition coefficient (Wildman–Crippen LogP) is 2.33. The average Bonchev–Trinajstić information content (AvgIpc) is 3.34. The smallest absolute Gasteiger partial charge is 0.231 e. The van der Waals surface area contributed by atoms with E-state index in [-0.39, 0.29) is 6.79 Å². The number of nitrogens with one attached hydrogen (secondary N) is 1. The number of imidazole rings is 1. The Morgan fingerprint density at radius 1 is 1.12 bits per heavy atom. The summed E-state index contributed by atoms with van der Waals surface area (Å²) in [5, 5.41) is 7.54. The lowest BCUT2D eigenvalue weighted by molar-refractivity contribution is 0.118. The second-order valence-electron chi connectivity index (χ2n) is 6.35. The van der Waals surface area contributed by atoms with E-state index >= 15 is 0 Å². The Bertz CT molecular complexity index is 1030. The van der Waals surface area contributed by atoms with Crippen LogP contribution in [0.15, 0.2) is 43.0 Å². The molecular formula is C18H18N6O2. The number of fused-ring (bicyclic) bond motifs is 2. The average molecular weight is 350 g/mol. The van der Waals surface area contributed by atoms with Gasteiger partial charge in [0.1, 0.15) is 0 Å². The second-order valence-corrected chi connectivity index (χ2v) is 6.35. The van der Waals surface area contributed by atoms with Gasteiger partial charge in [-0.2, -0.15) is 0 Å². The van der Waals surface area contributed by atoms with Crippen LogP contribution in [0.1, 0.15) is 5.69 Å². The molecule has 8 heteroatoms. The van der Waals surface area contributed by atoms with Crippen LogP contribution in [-0.2, 0) is 0 Å². The molecule has 5 rings (SSSR count). The molecule has 0 amide bonds. The molecule has 132 valence electrons. The zero-order valence-corrected chi connectivity index (χ0v) is 14.5. The van der Waals surface area contributed by atoms with Crippen LogP contribution in [0.2, 0.25) is 0 Å². The van der Waals surface area contributed by atoms with E-state index in [1.165, 1.54) is 5.57 Å². The SMILES string of the molecule is CN1C=C(c2cnc3c(Nc4ccc5c(c4)OCO5)nccn23)CN1C. The third-order valence-corrected chi connectivity index (χ3v) is 4.67. The van der Waals surface area contributed by atoms with E-state index in [1.807, 2.05) is 37.6 Å². The van der Waals surface area contributed by atoms with Gasteiger partial charge in [-0.1, -0.05) is 0 Å². The third kappa shape index (κ3) is 2.34. The van der Waals surface area contributed by atoms with Gasteiger partial charge in [0.2, 0.25) is 6.79 Å². The van der Waals surface area contributed by atoms with E-state index in [2.05, 4.69) is 43.0 Å². The molecule has 2 aromatic heterocycles. The fourth-order valence-electron chi connectivity index (χ4n) is 3.23. The number of rotatable bonds is 3. The summed E-state index contributed by atoms with van der Waals surface area (Å²) in [4.78, 5) is 9.04. The molecule has 2 aliphatic rings. The Balaban J connectivity index is 1.51. The first-order valence-corrected chi connectivity index (χ1v) is 8.33. The van der Waals surface area contributed by atoms with E-state index in [9.17, 15) is 0 Å². The summed E-state index contributed by atoms with van der Waals surface area (Å²) in [6.45, 7) is 1.10. The number of hydrazine groups is 1. The Hall–Kier alpha value is -3.26. The quantitative estimate of drug-likeness (QED) is 0.777. The van der Waals surface area contributed by atoms with Crippen LogP contribution in [0.5, 0.6) is 11.5 Å². The summed E-state index contributed by atoms with van der Waals surface area (Å²) in [6, 6.07) is 5.73. The number of aromatic nitrogens is 3. The van der Waals surface area contributed by atoms with Crippen molar-refractivity contribution in [2.24, 2.45) is 0 Å². The molecule has 8 nitrogen and oxygen atoms in total. The molecule has 0 saturated heterocycles. The van der Waals surface area contributed by atoms with E-state index < -0.39 is 0 Å². The van der Waals surface area contributed by atoms with Gasteiger partial charge < -0.3 is 19.8 Å². The van der Waals surface area contributed by atoms with Crippen LogP contribution in [0.25, 0.3) is 11.2 Å². The Morgan fingerprint density at radius 3 is 2.85 bits per heavy atom. The van der Waals surface area contributed by atoms with Gasteiger partial charge in [-0.3, -0.25) is 4.40 Å². The van der Waals surface area contributed by atoms with Crippen LogP contribution in [0.4, 0.5) is 11.5 Å². The van der Waals surface area contributed by atoms with E-state index in [1.54, 1.807) is 6.20 Å². The number of nitrogens with zero attached hydrogens (tertiary/aromatic N) is 5. The van der Waals surface area contributed by atoms with Crippen molar-refractivity contribution in [3.05, 3.63) is 48.7 Å². The highest BCUT2D eigenvalue weighted by Crippen LogP contribution is 2.35. The summed E-state index contributed by atoms with van der Waals surface area (Å²) >= 11 is 0. The van der Waals surface area contributed by atoms with Crippen LogP contribution in [0, 0.1) is 0 Å². The van der Waals surface area contributed by atoms with Gasteiger partial charge in [-0.25, -0.2) is 15.0 Å². The molecule has 0 bridgehead atoms. The lowest BCUT2D eigenvalue weighted by Crippen LogP contribution is -2.27. The van der Waals surface area contributed by atoms with Gasteiger partial charge in [0.05, 0.1) is 11.9 Å². The summed E-state index contributed by atoms with van der Waals surface area (Å²) in [5.74, 6) is 2.18. The van der Waals surface area contributed by atoms with Gasteiger partial charge in [0, 0.05) is 56.6 Å². The number of hydrogen-bond donors (Lipinski definition) is 1. The number of benzene rings is 1. The highest BCUT2D eigenvalue weighted by molar-refractivity contribution is 5.75. The number of anilines is 2. The molecule has 0 unspecified atom stereocenters. The minimum Gasteiger partial charge on any atom is -0.454 e. The molecule has 0 radical (unpaired) electrons. The molecule has 1 aromatic carbocycles. The molecule has 2 aliphatic heterocycles. The van der Waals surface area contributed by atoms with Crippen molar-refractivity contribution in [1.29, 1.82) is 0 Å². The summed E-state index contributed by atoms with van der Waals surface area (Å²) in [6.07, 6.45) is 7.72. The van der Waals surface area contributed by atoms with Crippen molar-refractivity contribution in [3.63, 3.8) is 0 Å². The van der Waals surface area contributed by atoms with Crippen molar-refractivity contribution in [1.82, 2.24) is 24.4 Å². The molecular weight excluding hydrogens is 332 g/mol. The van der Waals surface area contributed by atoms with E-state index in [4.69, 9.17) is 9.47 Å². The minimum absolute atomic E-state index is 0.258. The Morgan fingerprint density at radius 2 is 2.00 bits per heavy atom. The summed E-state index contributed by atoms with van der Waals surface area (Å²) in [7, 11) is 4.09. The molecule has 0 saturated carbocycles. The first-order chi connectivity index (χ1) is 12.7. The Kier molecular flexibility index (Phi) is 3.26. The topological polar surface area (TPSA) is 67.2 Å². The van der Waals surface area contributed by atoms with Crippen molar-refractivity contribution in [2.45, 2.75) is 0 Å². The number of ether oxygens (including phenoxy) is 2. The monoisotopic (exact) mass is 350 g/mol. The fraction of sp³-hybridized carbons (Fsp3) is 0.222. The molecule has 1 N–H and O–H groups in total. The van der Waals surface area contributed by atoms with Gasteiger partial charge in [0.15, 0.2) is 23.0 Å². The first kappa shape index (κ1) is 15.0. The highest BCUT2D eigenvalue weighted by Gasteiger charge is 2.20. The van der Waals surface area contributed by atoms with Crippen LogP contribution in [-0.4, -0.2) is 51.8 Å². The maximum absolute atomic E-state index is 5.44. The second kappa shape index (κ2) is 5.63. The number of hydrogen-bond acceptors (Lipinski definition) is 7. The van der Waals surface area contributed by atoms with Gasteiger partial charge >= 0.3 is 0 Å². The van der Waals surface area contributed by atoms with E-state index in [0.29, 0.717) is 5.82 Å². The number of likely N-dealkylation sites (N-methyl/N-ethyl adjacent to an activating group) is 1. The molecule has 3 aromatic rings. The fourth-order valence-corrected chi connectivity index (χ4v) is 3.23. The van der Waals surface area contributed by atoms with Gasteiger partial charge in [-0.05, 0) is 12.1 Å². The van der Waals surface area contributed by atoms with Crippen molar-refractivity contribution < 1.29 is 9.47 Å². The van der Waals surface area contributed by atoms with Gasteiger partial charge in [0.25, 0.3) is 0 Å². The van der Waals surface area contributed by atoms with Gasteiger partial charge in [-0.15, -0.1) is 0 Å². The third-order valence-electron chi connectivity index (χ3n) is 4.67. The predicted molar refractivity (Wildman–Crippen MR) is 97.2 cm³/mol. The van der Waals surface area contributed by atoms with Crippen molar-refractivity contribution in [3.8, 4) is 11.5 Å². The largest absolute Gasteiger partial charge is 0.454 e. The highest BCUT2D eigenvalue weighted by atomic mass is 16.7. The Labute approximate surface area is 150 Å². The molecule has 0 spiro atoms. The summed E-state index contributed by atoms with van der Waals surface area (Å²) in [5.41, 5.74) is 3.92. The molecule has 0 fully saturated rings. The normalized spacial score (nSPS) is 16.4. The van der Waals surface area contributed by atoms with Crippen LogP contribution >= 0.6 is 0 Å². The van der Waals surface area contributed by atoms with Crippen LogP contribution < -0.4 is 14.8 Å². The maximum Gasteiger partial charge on any atom is 0.231 e. The standard InChI is InChI=1S/C18H18N6O2/c1-22-9-12(10-23(22)2)14-8-20-18-17(19-5-6-24(14)18)21-13-3-4-15-16(7-13)26-11-25-15/h3-9H,10-11H2,1-2H3,(H,19,21). The van der Waals surface area contributed by atoms with Crippen LogP contribution in [0.3, 0.4) is 0 Å². The zero-order valence-electron chi connectivity index (χ0n) is 14.5. The molecule has 26 heavy (non-hydrogen) atoms. The maximum atomic E-state index is 5.44. The van der Waals surface area contributed by atoms with Crippen molar-refractivity contribution >= 4 is 22.7 Å².